The summed E-state index contributed by atoms with van der Waals surface area (Å²) in [7, 11) is 7.16. The van der Waals surface area contributed by atoms with Crippen LogP contribution in [0.2, 0.25) is 0 Å². The first-order valence-electron chi connectivity index (χ1n) is 9.00. The summed E-state index contributed by atoms with van der Waals surface area (Å²) in [4.78, 5) is 21.6. The van der Waals surface area contributed by atoms with Gasteiger partial charge in [0.05, 0.1) is 14.2 Å². The van der Waals surface area contributed by atoms with Crippen LogP contribution in [0.15, 0.2) is 24.4 Å². The lowest BCUT2D eigenvalue weighted by molar-refractivity contribution is 0.0979. The Kier molecular flexibility index (Phi) is 6.15. The molecule has 1 aromatic carbocycles. The number of thiazole rings is 1. The van der Waals surface area contributed by atoms with Gasteiger partial charge in [-0.3, -0.25) is 14.4 Å². The fourth-order valence-corrected chi connectivity index (χ4v) is 3.86. The zero-order valence-corrected chi connectivity index (χ0v) is 17.6. The zero-order chi connectivity index (χ0) is 20.3. The molecule has 8 nitrogen and oxygen atoms in total. The van der Waals surface area contributed by atoms with Crippen molar-refractivity contribution in [2.45, 2.75) is 13.5 Å². The molecule has 0 aliphatic rings. The molecule has 0 aliphatic heterocycles. The van der Waals surface area contributed by atoms with Gasteiger partial charge in [0, 0.05) is 25.8 Å². The summed E-state index contributed by atoms with van der Waals surface area (Å²) in [6.45, 7) is 3.89. The molecule has 0 aliphatic carbocycles. The fourth-order valence-electron chi connectivity index (χ4n) is 2.76. The molecule has 9 heteroatoms. The third-order valence-corrected chi connectivity index (χ3v) is 5.42. The number of carbonyl (C=O) groups is 1. The highest BCUT2D eigenvalue weighted by Gasteiger charge is 2.25. The number of rotatable bonds is 8. The maximum atomic E-state index is 13.2. The van der Waals surface area contributed by atoms with E-state index in [1.807, 2.05) is 44.2 Å². The molecule has 3 aromatic rings. The highest BCUT2D eigenvalue weighted by Crippen LogP contribution is 2.40. The molecule has 0 saturated heterocycles. The lowest BCUT2D eigenvalue weighted by Gasteiger charge is -2.21. The molecule has 0 unspecified atom stereocenters. The van der Waals surface area contributed by atoms with Gasteiger partial charge >= 0.3 is 0 Å². The predicted octanol–water partition coefficient (Wildman–Crippen LogP) is 2.74. The van der Waals surface area contributed by atoms with E-state index < -0.39 is 0 Å². The highest BCUT2D eigenvalue weighted by atomic mass is 32.1. The Balaban J connectivity index is 2.05. The molecule has 28 heavy (non-hydrogen) atoms. The van der Waals surface area contributed by atoms with Gasteiger partial charge in [0.2, 0.25) is 0 Å². The summed E-state index contributed by atoms with van der Waals surface area (Å²) in [5.41, 5.74) is 1.09. The largest absolute Gasteiger partial charge is 0.495 e. The number of benzene rings is 1. The molecular formula is C19H25N5O3S. The van der Waals surface area contributed by atoms with E-state index in [0.717, 1.165) is 4.70 Å². The van der Waals surface area contributed by atoms with E-state index >= 15 is 0 Å². The normalized spacial score (nSPS) is 11.2. The van der Waals surface area contributed by atoms with E-state index in [4.69, 9.17) is 14.5 Å². The van der Waals surface area contributed by atoms with Crippen molar-refractivity contribution >= 4 is 32.6 Å². The van der Waals surface area contributed by atoms with Gasteiger partial charge in [-0.05, 0) is 39.2 Å². The summed E-state index contributed by atoms with van der Waals surface area (Å²) in [5.74, 6) is 1.18. The maximum Gasteiger partial charge on any atom is 0.280 e. The standard InChI is InChI=1S/C19H25N5O3S/c1-6-23-10-9-13(21-23)18(25)24(12-11-22(2)3)19-20-16-14(26-4)7-8-15(27-5)17(16)28-19/h7-10H,6,11-12H2,1-5H3. The van der Waals surface area contributed by atoms with E-state index in [1.54, 1.807) is 29.9 Å². The van der Waals surface area contributed by atoms with Crippen molar-refractivity contribution in [1.29, 1.82) is 0 Å². The molecule has 0 fully saturated rings. The highest BCUT2D eigenvalue weighted by molar-refractivity contribution is 7.22. The number of aromatic nitrogens is 3. The molecule has 1 amide bonds. The Morgan fingerprint density at radius 1 is 1.14 bits per heavy atom. The van der Waals surface area contributed by atoms with Crippen molar-refractivity contribution in [3.63, 3.8) is 0 Å². The lowest BCUT2D eigenvalue weighted by Crippen LogP contribution is -2.37. The molecule has 0 radical (unpaired) electrons. The molecule has 3 rings (SSSR count). The minimum atomic E-state index is -0.175. The van der Waals surface area contributed by atoms with E-state index in [2.05, 4.69) is 5.10 Å². The van der Waals surface area contributed by atoms with Gasteiger partial charge < -0.3 is 14.4 Å². The minimum Gasteiger partial charge on any atom is -0.495 e. The van der Waals surface area contributed by atoms with Gasteiger partial charge in [0.25, 0.3) is 5.91 Å². The Bertz CT molecular complexity index is 925. The molecule has 0 spiro atoms. The number of fused-ring (bicyclic) bond motifs is 1. The van der Waals surface area contributed by atoms with Crippen LogP contribution >= 0.6 is 11.3 Å². The Hall–Kier alpha value is -2.65. The van der Waals surface area contributed by atoms with E-state index in [9.17, 15) is 4.79 Å². The molecule has 2 heterocycles. The second-order valence-electron chi connectivity index (χ2n) is 6.46. The lowest BCUT2D eigenvalue weighted by atomic mass is 10.3. The maximum absolute atomic E-state index is 13.2. The molecule has 0 bridgehead atoms. The first-order chi connectivity index (χ1) is 13.5. The average Bonchev–Trinajstić information content (AvgIpc) is 3.34. The van der Waals surface area contributed by atoms with Gasteiger partial charge in [-0.1, -0.05) is 11.3 Å². The van der Waals surface area contributed by atoms with Crippen LogP contribution in [0.25, 0.3) is 10.2 Å². The number of carbonyl (C=O) groups excluding carboxylic acids is 1. The number of methoxy groups -OCH3 is 2. The second-order valence-corrected chi connectivity index (χ2v) is 7.44. The Morgan fingerprint density at radius 3 is 2.46 bits per heavy atom. The van der Waals surface area contributed by atoms with Crippen LogP contribution in [0.5, 0.6) is 11.5 Å². The van der Waals surface area contributed by atoms with E-state index in [1.165, 1.54) is 11.3 Å². The average molecular weight is 404 g/mol. The Morgan fingerprint density at radius 2 is 1.86 bits per heavy atom. The summed E-state index contributed by atoms with van der Waals surface area (Å²) >= 11 is 1.41. The number of likely N-dealkylation sites (N-methyl/N-ethyl adjacent to an activating group) is 1. The number of aryl methyl sites for hydroxylation is 1. The topological polar surface area (TPSA) is 72.7 Å². The van der Waals surface area contributed by atoms with Crippen molar-refractivity contribution in [1.82, 2.24) is 19.7 Å². The molecule has 150 valence electrons. The van der Waals surface area contributed by atoms with Gasteiger partial charge in [-0.2, -0.15) is 5.10 Å². The summed E-state index contributed by atoms with van der Waals surface area (Å²) in [5, 5.41) is 4.96. The number of hydrogen-bond acceptors (Lipinski definition) is 7. The van der Waals surface area contributed by atoms with Crippen molar-refractivity contribution < 1.29 is 14.3 Å². The van der Waals surface area contributed by atoms with Gasteiger partial charge in [0.1, 0.15) is 21.7 Å². The minimum absolute atomic E-state index is 0.175. The predicted molar refractivity (Wildman–Crippen MR) is 111 cm³/mol. The smallest absolute Gasteiger partial charge is 0.280 e. The van der Waals surface area contributed by atoms with Gasteiger partial charge in [0.15, 0.2) is 10.8 Å². The molecule has 0 saturated carbocycles. The quantitative estimate of drug-likeness (QED) is 0.576. The molecular weight excluding hydrogens is 378 g/mol. The number of ether oxygens (including phenoxy) is 2. The Labute approximate surface area is 168 Å². The molecule has 2 aromatic heterocycles. The monoisotopic (exact) mass is 403 g/mol. The molecule has 0 N–H and O–H groups in total. The van der Waals surface area contributed by atoms with Crippen molar-refractivity contribution in [2.75, 3.05) is 46.3 Å². The van der Waals surface area contributed by atoms with Crippen molar-refractivity contribution in [2.24, 2.45) is 0 Å². The molecule has 0 atom stereocenters. The van der Waals surface area contributed by atoms with Crippen LogP contribution in [0.3, 0.4) is 0 Å². The number of anilines is 1. The van der Waals surface area contributed by atoms with Crippen LogP contribution in [-0.4, -0.2) is 67.0 Å². The summed E-state index contributed by atoms with van der Waals surface area (Å²) in [6, 6.07) is 5.40. The van der Waals surface area contributed by atoms with Crippen LogP contribution < -0.4 is 14.4 Å². The van der Waals surface area contributed by atoms with Crippen LogP contribution in [0.4, 0.5) is 5.13 Å². The van der Waals surface area contributed by atoms with Crippen LogP contribution in [0.1, 0.15) is 17.4 Å². The number of hydrogen-bond donors (Lipinski definition) is 0. The van der Waals surface area contributed by atoms with Gasteiger partial charge in [-0.25, -0.2) is 4.98 Å². The van der Waals surface area contributed by atoms with E-state index in [0.29, 0.717) is 47.5 Å². The first-order valence-corrected chi connectivity index (χ1v) is 9.81. The summed E-state index contributed by atoms with van der Waals surface area (Å²) in [6.07, 6.45) is 1.81. The summed E-state index contributed by atoms with van der Waals surface area (Å²) < 4.78 is 13.5. The third-order valence-electron chi connectivity index (χ3n) is 4.33. The number of amides is 1. The first kappa shape index (κ1) is 20.1. The van der Waals surface area contributed by atoms with Crippen molar-refractivity contribution in [3.8, 4) is 11.5 Å². The van der Waals surface area contributed by atoms with Crippen molar-refractivity contribution in [3.05, 3.63) is 30.1 Å². The fraction of sp³-hybridized carbons (Fsp3) is 0.421. The SMILES string of the molecule is CCn1ccc(C(=O)N(CCN(C)C)c2nc3c(OC)ccc(OC)c3s2)n1. The number of nitrogens with zero attached hydrogens (tertiary/aromatic N) is 5. The van der Waals surface area contributed by atoms with E-state index in [-0.39, 0.29) is 5.91 Å². The van der Waals surface area contributed by atoms with Crippen LogP contribution in [-0.2, 0) is 6.54 Å². The van der Waals surface area contributed by atoms with Crippen LogP contribution in [0, 0.1) is 0 Å². The zero-order valence-electron chi connectivity index (χ0n) is 16.8. The second kappa shape index (κ2) is 8.57. The third kappa shape index (κ3) is 3.95. The van der Waals surface area contributed by atoms with Gasteiger partial charge in [-0.15, -0.1) is 0 Å².